The Hall–Kier alpha value is -0.390. The Morgan fingerprint density at radius 1 is 1.33 bits per heavy atom. The van der Waals surface area contributed by atoms with Gasteiger partial charge in [-0.3, -0.25) is 4.79 Å². The van der Waals surface area contributed by atoms with Gasteiger partial charge in [-0.15, -0.1) is 0 Å². The molecule has 1 atom stereocenters. The van der Waals surface area contributed by atoms with Gasteiger partial charge in [0, 0.05) is 15.5 Å². The number of aliphatic carboxylic acids is 1. The van der Waals surface area contributed by atoms with Crippen molar-refractivity contribution in [3.63, 3.8) is 0 Å². The van der Waals surface area contributed by atoms with Gasteiger partial charge in [-0.2, -0.15) is 0 Å². The Balaban J connectivity index is 2.61. The molecule has 0 amide bonds. The molecular weight excluding hydrogens is 362 g/mol. The summed E-state index contributed by atoms with van der Waals surface area (Å²) in [6.45, 7) is 4.59. The summed E-state index contributed by atoms with van der Waals surface area (Å²) in [5, 5.41) is 12.2. The lowest BCUT2D eigenvalue weighted by atomic mass is 10.0. The summed E-state index contributed by atoms with van der Waals surface area (Å²) in [4.78, 5) is 11.1. The monoisotopic (exact) mass is 377 g/mol. The maximum absolute atomic E-state index is 11.1. The van der Waals surface area contributed by atoms with E-state index in [0.717, 1.165) is 14.5 Å². The minimum Gasteiger partial charge on any atom is -0.480 e. The van der Waals surface area contributed by atoms with Crippen molar-refractivity contribution in [2.75, 3.05) is 0 Å². The number of nitrogens with one attached hydrogen (secondary N) is 1. The minimum absolute atomic E-state index is 0.357. The van der Waals surface area contributed by atoms with E-state index in [9.17, 15) is 4.79 Å². The van der Waals surface area contributed by atoms with Gasteiger partial charge in [0.15, 0.2) is 0 Å². The molecule has 0 aromatic heterocycles. The van der Waals surface area contributed by atoms with Gasteiger partial charge < -0.3 is 10.4 Å². The second-order valence-electron chi connectivity index (χ2n) is 4.65. The molecule has 0 aliphatic heterocycles. The smallest absolute Gasteiger partial charge is 0.320 e. The average molecular weight is 379 g/mol. The lowest BCUT2D eigenvalue weighted by Gasteiger charge is -2.16. The molecule has 18 heavy (non-hydrogen) atoms. The van der Waals surface area contributed by atoms with Crippen LogP contribution in [0.2, 0.25) is 0 Å². The largest absolute Gasteiger partial charge is 0.480 e. The van der Waals surface area contributed by atoms with Gasteiger partial charge >= 0.3 is 5.97 Å². The Bertz CT molecular complexity index is 421. The number of hydrogen-bond acceptors (Lipinski definition) is 2. The SMILES string of the molecule is CC(C)C[C@@H](NCc1ccc(Br)c(Br)c1)C(=O)O. The van der Waals surface area contributed by atoms with Gasteiger partial charge in [0.1, 0.15) is 6.04 Å². The first kappa shape index (κ1) is 15.7. The minimum atomic E-state index is -0.792. The maximum atomic E-state index is 11.1. The van der Waals surface area contributed by atoms with Crippen LogP contribution in [-0.2, 0) is 11.3 Å². The lowest BCUT2D eigenvalue weighted by molar-refractivity contribution is -0.140. The van der Waals surface area contributed by atoms with Crippen LogP contribution in [0.5, 0.6) is 0 Å². The van der Waals surface area contributed by atoms with Crippen molar-refractivity contribution in [1.29, 1.82) is 0 Å². The van der Waals surface area contributed by atoms with E-state index >= 15 is 0 Å². The number of halogens is 2. The van der Waals surface area contributed by atoms with Crippen molar-refractivity contribution in [3.8, 4) is 0 Å². The standard InChI is InChI=1S/C13H17Br2NO2/c1-8(2)5-12(13(17)18)16-7-9-3-4-10(14)11(15)6-9/h3-4,6,8,12,16H,5,7H2,1-2H3,(H,17,18)/t12-/m1/s1. The van der Waals surface area contributed by atoms with Crippen molar-refractivity contribution in [2.45, 2.75) is 32.9 Å². The van der Waals surface area contributed by atoms with E-state index in [1.807, 2.05) is 32.0 Å². The van der Waals surface area contributed by atoms with Crippen LogP contribution in [0.3, 0.4) is 0 Å². The van der Waals surface area contributed by atoms with Gasteiger partial charge in [0.05, 0.1) is 0 Å². The van der Waals surface area contributed by atoms with Crippen molar-refractivity contribution < 1.29 is 9.90 Å². The molecule has 3 nitrogen and oxygen atoms in total. The zero-order valence-corrected chi connectivity index (χ0v) is 13.6. The third-order valence-electron chi connectivity index (χ3n) is 2.54. The van der Waals surface area contributed by atoms with E-state index in [-0.39, 0.29) is 0 Å². The van der Waals surface area contributed by atoms with Crippen LogP contribution in [-0.4, -0.2) is 17.1 Å². The average Bonchev–Trinajstić information content (AvgIpc) is 2.28. The zero-order valence-electron chi connectivity index (χ0n) is 10.4. The molecule has 0 bridgehead atoms. The van der Waals surface area contributed by atoms with Crippen LogP contribution < -0.4 is 5.32 Å². The van der Waals surface area contributed by atoms with Crippen molar-refractivity contribution in [2.24, 2.45) is 5.92 Å². The van der Waals surface area contributed by atoms with E-state index in [2.05, 4.69) is 37.2 Å². The van der Waals surface area contributed by atoms with Crippen LogP contribution in [0.1, 0.15) is 25.8 Å². The molecule has 0 saturated carbocycles. The second-order valence-corrected chi connectivity index (χ2v) is 6.36. The fourth-order valence-electron chi connectivity index (χ4n) is 1.63. The highest BCUT2D eigenvalue weighted by atomic mass is 79.9. The third-order valence-corrected chi connectivity index (χ3v) is 4.42. The molecule has 0 fully saturated rings. The summed E-state index contributed by atoms with van der Waals surface area (Å²) >= 11 is 6.84. The number of carboxylic acid groups (broad SMARTS) is 1. The number of carbonyl (C=O) groups is 1. The van der Waals surface area contributed by atoms with Crippen LogP contribution in [0.15, 0.2) is 27.1 Å². The summed E-state index contributed by atoms with van der Waals surface area (Å²) in [5.74, 6) is -0.435. The molecule has 1 aromatic rings. The quantitative estimate of drug-likeness (QED) is 0.791. The number of rotatable bonds is 6. The molecule has 0 saturated heterocycles. The molecule has 0 radical (unpaired) electrons. The van der Waals surface area contributed by atoms with Crippen molar-refractivity contribution in [3.05, 3.63) is 32.7 Å². The van der Waals surface area contributed by atoms with E-state index in [4.69, 9.17) is 5.11 Å². The highest BCUT2D eigenvalue weighted by Crippen LogP contribution is 2.23. The predicted molar refractivity (Wildman–Crippen MR) is 79.6 cm³/mol. The Morgan fingerprint density at radius 2 is 2.00 bits per heavy atom. The van der Waals surface area contributed by atoms with Gasteiger partial charge in [-0.1, -0.05) is 19.9 Å². The number of benzene rings is 1. The summed E-state index contributed by atoms with van der Waals surface area (Å²) in [6, 6.07) is 5.40. The molecule has 0 spiro atoms. The molecule has 1 aromatic carbocycles. The van der Waals surface area contributed by atoms with Crippen LogP contribution >= 0.6 is 31.9 Å². The molecule has 0 aliphatic rings. The maximum Gasteiger partial charge on any atom is 0.320 e. The van der Waals surface area contributed by atoms with E-state index in [1.54, 1.807) is 0 Å². The van der Waals surface area contributed by atoms with Crippen LogP contribution in [0, 0.1) is 5.92 Å². The second kappa shape index (κ2) is 7.26. The Kier molecular flexibility index (Phi) is 6.32. The zero-order chi connectivity index (χ0) is 13.7. The predicted octanol–water partition coefficient (Wildman–Crippen LogP) is 3.80. The molecule has 0 heterocycles. The topological polar surface area (TPSA) is 49.3 Å². The van der Waals surface area contributed by atoms with E-state index in [1.165, 1.54) is 0 Å². The summed E-state index contributed by atoms with van der Waals surface area (Å²) in [5.41, 5.74) is 1.06. The Morgan fingerprint density at radius 3 is 2.50 bits per heavy atom. The van der Waals surface area contributed by atoms with Gasteiger partial charge in [-0.05, 0) is 61.9 Å². The van der Waals surface area contributed by atoms with Gasteiger partial charge in [0.2, 0.25) is 0 Å². The van der Waals surface area contributed by atoms with E-state index < -0.39 is 12.0 Å². The number of hydrogen-bond donors (Lipinski definition) is 2. The summed E-state index contributed by atoms with van der Waals surface area (Å²) < 4.78 is 1.96. The molecule has 2 N–H and O–H groups in total. The normalized spacial score (nSPS) is 12.7. The molecular formula is C13H17Br2NO2. The highest BCUT2D eigenvalue weighted by Gasteiger charge is 2.17. The van der Waals surface area contributed by atoms with Crippen molar-refractivity contribution >= 4 is 37.8 Å². The highest BCUT2D eigenvalue weighted by molar-refractivity contribution is 9.13. The lowest BCUT2D eigenvalue weighted by Crippen LogP contribution is -2.37. The molecule has 100 valence electrons. The van der Waals surface area contributed by atoms with Crippen molar-refractivity contribution in [1.82, 2.24) is 5.32 Å². The fourth-order valence-corrected chi connectivity index (χ4v) is 2.31. The first-order chi connectivity index (χ1) is 8.40. The van der Waals surface area contributed by atoms with Crippen LogP contribution in [0.25, 0.3) is 0 Å². The first-order valence-corrected chi connectivity index (χ1v) is 7.39. The van der Waals surface area contributed by atoms with Gasteiger partial charge in [0.25, 0.3) is 0 Å². The summed E-state index contributed by atoms with van der Waals surface area (Å²) in [7, 11) is 0. The molecule has 0 unspecified atom stereocenters. The fraction of sp³-hybridized carbons (Fsp3) is 0.462. The molecule has 1 rings (SSSR count). The third kappa shape index (κ3) is 5.08. The molecule has 5 heteroatoms. The Labute approximate surface area is 124 Å². The summed E-state index contributed by atoms with van der Waals surface area (Å²) in [6.07, 6.45) is 0.632. The van der Waals surface area contributed by atoms with Gasteiger partial charge in [-0.25, -0.2) is 0 Å². The van der Waals surface area contributed by atoms with E-state index in [0.29, 0.717) is 18.9 Å². The molecule has 0 aliphatic carbocycles. The van der Waals surface area contributed by atoms with Crippen LogP contribution in [0.4, 0.5) is 0 Å². The first-order valence-electron chi connectivity index (χ1n) is 5.80. The number of carboxylic acids is 1.